The molecule has 0 fully saturated rings. The van der Waals surface area contributed by atoms with Crippen LogP contribution in [0, 0.1) is 5.82 Å². The highest BCUT2D eigenvalue weighted by Gasteiger charge is 2.41. The Balaban J connectivity index is 2.20. The zero-order valence-electron chi connectivity index (χ0n) is 12.0. The van der Waals surface area contributed by atoms with E-state index < -0.39 is 5.60 Å². The fraction of sp³-hybridized carbons (Fsp3) is 0.294. The van der Waals surface area contributed by atoms with Gasteiger partial charge in [-0.3, -0.25) is 0 Å². The normalized spacial score (nSPS) is 20.2. The van der Waals surface area contributed by atoms with E-state index in [0.29, 0.717) is 41.0 Å². The van der Waals surface area contributed by atoms with Crippen LogP contribution >= 0.6 is 0 Å². The molecule has 0 heterocycles. The molecule has 21 heavy (non-hydrogen) atoms. The summed E-state index contributed by atoms with van der Waals surface area (Å²) in [5.41, 5.74) is 0.532. The van der Waals surface area contributed by atoms with Gasteiger partial charge in [-0.2, -0.15) is 0 Å². The van der Waals surface area contributed by atoms with E-state index >= 15 is 0 Å². The Labute approximate surface area is 122 Å². The van der Waals surface area contributed by atoms with Gasteiger partial charge in [0.15, 0.2) is 0 Å². The number of rotatable bonds is 3. The number of hydrogen-bond donors (Lipinski definition) is 1. The Morgan fingerprint density at radius 3 is 2.62 bits per heavy atom. The van der Waals surface area contributed by atoms with Gasteiger partial charge in [0.25, 0.3) is 0 Å². The lowest BCUT2D eigenvalue weighted by Crippen LogP contribution is -2.24. The molecule has 0 amide bonds. The van der Waals surface area contributed by atoms with E-state index in [1.54, 1.807) is 44.6 Å². The summed E-state index contributed by atoms with van der Waals surface area (Å²) in [5, 5.41) is 11.2. The molecule has 110 valence electrons. The molecule has 1 N–H and O–H groups in total. The van der Waals surface area contributed by atoms with Crippen molar-refractivity contribution in [2.45, 2.75) is 18.4 Å². The topological polar surface area (TPSA) is 38.7 Å². The third kappa shape index (κ3) is 2.07. The minimum Gasteiger partial charge on any atom is -0.497 e. The van der Waals surface area contributed by atoms with Crippen molar-refractivity contribution < 1.29 is 19.0 Å². The van der Waals surface area contributed by atoms with E-state index in [1.165, 1.54) is 6.07 Å². The lowest BCUT2D eigenvalue weighted by molar-refractivity contribution is 0.0797. The summed E-state index contributed by atoms with van der Waals surface area (Å²) >= 11 is 0. The van der Waals surface area contributed by atoms with Gasteiger partial charge in [-0.05, 0) is 48.2 Å². The summed E-state index contributed by atoms with van der Waals surface area (Å²) in [6.45, 7) is 0. The van der Waals surface area contributed by atoms with Crippen LogP contribution in [0.2, 0.25) is 0 Å². The maximum atomic E-state index is 13.9. The van der Waals surface area contributed by atoms with Crippen molar-refractivity contribution in [1.82, 2.24) is 0 Å². The van der Waals surface area contributed by atoms with E-state index in [4.69, 9.17) is 9.47 Å². The molecule has 0 saturated heterocycles. The van der Waals surface area contributed by atoms with Crippen molar-refractivity contribution in [3.05, 3.63) is 58.9 Å². The van der Waals surface area contributed by atoms with Crippen molar-refractivity contribution in [2.75, 3.05) is 14.2 Å². The number of methoxy groups -OCH3 is 2. The zero-order valence-corrected chi connectivity index (χ0v) is 12.0. The average molecular weight is 288 g/mol. The minimum absolute atomic E-state index is 0.273. The first kappa shape index (κ1) is 13.9. The first-order chi connectivity index (χ1) is 10.1. The molecular formula is C17H17FO3. The van der Waals surface area contributed by atoms with Crippen LogP contribution in [0.5, 0.6) is 11.5 Å². The van der Waals surface area contributed by atoms with Gasteiger partial charge < -0.3 is 14.6 Å². The Kier molecular flexibility index (Phi) is 3.33. The summed E-state index contributed by atoms with van der Waals surface area (Å²) in [6, 6.07) is 10.1. The maximum Gasteiger partial charge on any atom is 0.126 e. The molecule has 1 aliphatic rings. The summed E-state index contributed by atoms with van der Waals surface area (Å²) in [4.78, 5) is 0. The van der Waals surface area contributed by atoms with Crippen LogP contribution in [-0.4, -0.2) is 19.3 Å². The average Bonchev–Trinajstić information content (AvgIpc) is 2.87. The molecule has 2 aromatic rings. The van der Waals surface area contributed by atoms with E-state index in [2.05, 4.69) is 0 Å². The molecule has 2 aromatic carbocycles. The lowest BCUT2D eigenvalue weighted by Gasteiger charge is -2.27. The number of hydrogen-bond acceptors (Lipinski definition) is 3. The molecule has 1 atom stereocenters. The highest BCUT2D eigenvalue weighted by Crippen LogP contribution is 2.46. The first-order valence-corrected chi connectivity index (χ1v) is 6.83. The van der Waals surface area contributed by atoms with Crippen LogP contribution in [0.3, 0.4) is 0 Å². The molecule has 3 rings (SSSR count). The SMILES string of the molecule is COc1ccc(OC)c(C2(O)CCc3c(F)cccc32)c1. The second-order valence-electron chi connectivity index (χ2n) is 5.19. The van der Waals surface area contributed by atoms with Crippen LogP contribution in [-0.2, 0) is 12.0 Å². The minimum atomic E-state index is -1.25. The first-order valence-electron chi connectivity index (χ1n) is 6.83. The second-order valence-corrected chi connectivity index (χ2v) is 5.19. The highest BCUT2D eigenvalue weighted by molar-refractivity contribution is 5.52. The Morgan fingerprint density at radius 2 is 1.90 bits per heavy atom. The van der Waals surface area contributed by atoms with Crippen LogP contribution in [0.4, 0.5) is 4.39 Å². The van der Waals surface area contributed by atoms with Crippen molar-refractivity contribution in [3.8, 4) is 11.5 Å². The van der Waals surface area contributed by atoms with Gasteiger partial charge in [0.2, 0.25) is 0 Å². The Hall–Kier alpha value is -2.07. The maximum absolute atomic E-state index is 13.9. The van der Waals surface area contributed by atoms with E-state index in [-0.39, 0.29) is 5.82 Å². The molecule has 3 nitrogen and oxygen atoms in total. The summed E-state index contributed by atoms with van der Waals surface area (Å²) in [7, 11) is 3.12. The van der Waals surface area contributed by atoms with Gasteiger partial charge in [0, 0.05) is 5.56 Å². The van der Waals surface area contributed by atoms with Gasteiger partial charge in [-0.25, -0.2) is 4.39 Å². The number of ether oxygens (including phenoxy) is 2. The molecule has 4 heteroatoms. The van der Waals surface area contributed by atoms with Crippen molar-refractivity contribution in [1.29, 1.82) is 0 Å². The van der Waals surface area contributed by atoms with Crippen LogP contribution < -0.4 is 9.47 Å². The van der Waals surface area contributed by atoms with Crippen LogP contribution in [0.1, 0.15) is 23.1 Å². The standard InChI is InChI=1S/C17H17FO3/c1-20-11-6-7-16(21-2)14(10-11)17(19)9-8-12-13(17)4-3-5-15(12)18/h3-7,10,19H,8-9H2,1-2H3. The second kappa shape index (κ2) is 5.04. The number of benzene rings is 2. The molecular weight excluding hydrogens is 271 g/mol. The van der Waals surface area contributed by atoms with E-state index in [1.807, 2.05) is 0 Å². The fourth-order valence-corrected chi connectivity index (χ4v) is 3.06. The molecule has 0 aromatic heterocycles. The molecule has 0 saturated carbocycles. The molecule has 0 spiro atoms. The Bertz CT molecular complexity index is 684. The Morgan fingerprint density at radius 1 is 1.10 bits per heavy atom. The monoisotopic (exact) mass is 288 g/mol. The molecule has 0 radical (unpaired) electrons. The molecule has 1 unspecified atom stereocenters. The van der Waals surface area contributed by atoms with Crippen molar-refractivity contribution in [3.63, 3.8) is 0 Å². The smallest absolute Gasteiger partial charge is 0.126 e. The van der Waals surface area contributed by atoms with E-state index in [9.17, 15) is 9.50 Å². The van der Waals surface area contributed by atoms with Crippen molar-refractivity contribution in [2.24, 2.45) is 0 Å². The lowest BCUT2D eigenvalue weighted by atomic mass is 9.87. The van der Waals surface area contributed by atoms with Gasteiger partial charge in [-0.15, -0.1) is 0 Å². The number of fused-ring (bicyclic) bond motifs is 1. The molecule has 0 bridgehead atoms. The predicted molar refractivity (Wildman–Crippen MR) is 77.3 cm³/mol. The third-order valence-corrected chi connectivity index (χ3v) is 4.15. The van der Waals surface area contributed by atoms with Crippen LogP contribution in [0.15, 0.2) is 36.4 Å². The van der Waals surface area contributed by atoms with E-state index in [0.717, 1.165) is 0 Å². The van der Waals surface area contributed by atoms with Gasteiger partial charge in [0.1, 0.15) is 22.9 Å². The highest BCUT2D eigenvalue weighted by atomic mass is 19.1. The number of aliphatic hydroxyl groups is 1. The number of halogens is 1. The summed E-state index contributed by atoms with van der Waals surface area (Å²) in [6.07, 6.45) is 0.922. The molecule has 0 aliphatic heterocycles. The largest absolute Gasteiger partial charge is 0.497 e. The summed E-state index contributed by atoms with van der Waals surface area (Å²) < 4.78 is 24.5. The van der Waals surface area contributed by atoms with Gasteiger partial charge in [0.05, 0.1) is 14.2 Å². The van der Waals surface area contributed by atoms with Gasteiger partial charge >= 0.3 is 0 Å². The van der Waals surface area contributed by atoms with Gasteiger partial charge in [-0.1, -0.05) is 12.1 Å². The third-order valence-electron chi connectivity index (χ3n) is 4.15. The summed E-state index contributed by atoms with van der Waals surface area (Å²) in [5.74, 6) is 0.921. The molecule has 1 aliphatic carbocycles. The quantitative estimate of drug-likeness (QED) is 0.943. The zero-order chi connectivity index (χ0) is 15.0. The van der Waals surface area contributed by atoms with Crippen molar-refractivity contribution >= 4 is 0 Å². The predicted octanol–water partition coefficient (Wildman–Crippen LogP) is 3.03. The fourth-order valence-electron chi connectivity index (χ4n) is 3.06. The van der Waals surface area contributed by atoms with Crippen LogP contribution in [0.25, 0.3) is 0 Å².